The Morgan fingerprint density at radius 1 is 1.64 bits per heavy atom. The van der Waals surface area contributed by atoms with Gasteiger partial charge in [0.1, 0.15) is 0 Å². The maximum absolute atomic E-state index is 8.87. The van der Waals surface area contributed by atoms with Crippen molar-refractivity contribution in [1.29, 1.82) is 0 Å². The van der Waals surface area contributed by atoms with E-state index in [2.05, 4.69) is 28.4 Å². The van der Waals surface area contributed by atoms with Gasteiger partial charge in [-0.2, -0.15) is 23.1 Å². The van der Waals surface area contributed by atoms with Gasteiger partial charge in [-0.1, -0.05) is 0 Å². The third kappa shape index (κ3) is 4.46. The van der Waals surface area contributed by atoms with Crippen LogP contribution in [0, 0.1) is 0 Å². The van der Waals surface area contributed by atoms with Crippen LogP contribution in [0.15, 0.2) is 16.8 Å². The summed E-state index contributed by atoms with van der Waals surface area (Å²) in [5.41, 5.74) is 1.33. The van der Waals surface area contributed by atoms with Crippen LogP contribution in [0.2, 0.25) is 0 Å². The molecule has 1 atom stereocenters. The van der Waals surface area contributed by atoms with E-state index < -0.39 is 0 Å². The van der Waals surface area contributed by atoms with Crippen molar-refractivity contribution in [3.63, 3.8) is 0 Å². The highest BCUT2D eigenvalue weighted by Gasteiger charge is 2.06. The minimum absolute atomic E-state index is 0.266. The van der Waals surface area contributed by atoms with Crippen LogP contribution in [0.25, 0.3) is 0 Å². The van der Waals surface area contributed by atoms with Gasteiger partial charge in [0.2, 0.25) is 0 Å². The van der Waals surface area contributed by atoms with E-state index in [1.54, 1.807) is 11.3 Å². The normalized spacial score (nSPS) is 13.0. The molecule has 0 saturated heterocycles. The molecule has 0 aliphatic rings. The van der Waals surface area contributed by atoms with Crippen molar-refractivity contribution in [1.82, 2.24) is 5.32 Å². The van der Waals surface area contributed by atoms with E-state index in [9.17, 15) is 0 Å². The summed E-state index contributed by atoms with van der Waals surface area (Å²) in [6.07, 6.45) is 2.93. The van der Waals surface area contributed by atoms with Crippen molar-refractivity contribution in [3.05, 3.63) is 22.4 Å². The van der Waals surface area contributed by atoms with Crippen LogP contribution in [0.5, 0.6) is 0 Å². The summed E-state index contributed by atoms with van der Waals surface area (Å²) in [4.78, 5) is 0. The molecular weight excluding hydrogens is 214 g/mol. The van der Waals surface area contributed by atoms with Crippen LogP contribution in [0.4, 0.5) is 0 Å². The molecule has 4 heteroatoms. The lowest BCUT2D eigenvalue weighted by atomic mass is 10.2. The summed E-state index contributed by atoms with van der Waals surface area (Å²) in [6, 6.07) is 2.56. The van der Waals surface area contributed by atoms with Crippen molar-refractivity contribution < 1.29 is 5.11 Å². The molecule has 80 valence electrons. The second kappa shape index (κ2) is 7.29. The second-order valence-electron chi connectivity index (χ2n) is 3.18. The Balaban J connectivity index is 2.25. The van der Waals surface area contributed by atoms with Crippen molar-refractivity contribution in [2.24, 2.45) is 0 Å². The Morgan fingerprint density at radius 2 is 2.50 bits per heavy atom. The Hall–Kier alpha value is -0.0300. The van der Waals surface area contributed by atoms with Crippen LogP contribution >= 0.6 is 23.1 Å². The molecule has 0 aromatic carbocycles. The molecule has 0 aliphatic carbocycles. The number of aliphatic hydroxyl groups excluding tert-OH is 1. The molecule has 1 aromatic heterocycles. The van der Waals surface area contributed by atoms with Crippen LogP contribution in [-0.2, 0) is 6.54 Å². The van der Waals surface area contributed by atoms with Crippen LogP contribution < -0.4 is 5.32 Å². The lowest BCUT2D eigenvalue weighted by molar-refractivity contribution is 0.270. The number of hydrogen-bond donors (Lipinski definition) is 2. The van der Waals surface area contributed by atoms with Gasteiger partial charge in [0.15, 0.2) is 0 Å². The molecule has 0 spiro atoms. The highest BCUT2D eigenvalue weighted by atomic mass is 32.2. The Kier molecular flexibility index (Phi) is 6.27. The van der Waals surface area contributed by atoms with Gasteiger partial charge in [-0.15, -0.1) is 0 Å². The van der Waals surface area contributed by atoms with E-state index >= 15 is 0 Å². The molecule has 1 rings (SSSR count). The van der Waals surface area contributed by atoms with E-state index in [1.165, 1.54) is 5.56 Å². The Bertz CT molecular complexity index is 220. The maximum Gasteiger partial charge on any atom is 0.0446 e. The maximum atomic E-state index is 8.87. The molecule has 0 amide bonds. The predicted molar refractivity (Wildman–Crippen MR) is 65.0 cm³/mol. The molecule has 14 heavy (non-hydrogen) atoms. The molecule has 1 aromatic rings. The first-order chi connectivity index (χ1) is 6.86. The molecule has 2 N–H and O–H groups in total. The van der Waals surface area contributed by atoms with Gasteiger partial charge >= 0.3 is 0 Å². The van der Waals surface area contributed by atoms with Gasteiger partial charge in [-0.05, 0) is 35.1 Å². The molecule has 0 saturated carbocycles. The van der Waals surface area contributed by atoms with Crippen molar-refractivity contribution >= 4 is 23.1 Å². The van der Waals surface area contributed by atoms with E-state index in [1.807, 2.05) is 11.8 Å². The van der Waals surface area contributed by atoms with E-state index in [0.717, 1.165) is 18.7 Å². The summed E-state index contributed by atoms with van der Waals surface area (Å²) in [7, 11) is 0. The second-order valence-corrected chi connectivity index (χ2v) is 4.87. The summed E-state index contributed by atoms with van der Waals surface area (Å²) in [5.74, 6) is 1.06. The standard InChI is InChI=1S/C10H17NOS2/c1-13-8-10(2-4-12)11-6-9-3-5-14-7-9/h3,5,7,10-12H,2,4,6,8H2,1H3. The minimum atomic E-state index is 0.266. The van der Waals surface area contributed by atoms with E-state index in [0.29, 0.717) is 6.04 Å². The first-order valence-electron chi connectivity index (χ1n) is 4.71. The quantitative estimate of drug-likeness (QED) is 0.752. The number of hydrogen-bond acceptors (Lipinski definition) is 4. The molecule has 0 radical (unpaired) electrons. The topological polar surface area (TPSA) is 32.3 Å². The van der Waals surface area contributed by atoms with E-state index in [4.69, 9.17) is 5.11 Å². The molecular formula is C10H17NOS2. The highest BCUT2D eigenvalue weighted by Crippen LogP contribution is 2.07. The Labute approximate surface area is 93.7 Å². The number of nitrogens with one attached hydrogen (secondary N) is 1. The number of rotatable bonds is 7. The van der Waals surface area contributed by atoms with Gasteiger partial charge in [0, 0.05) is 24.9 Å². The molecule has 1 unspecified atom stereocenters. The Morgan fingerprint density at radius 3 is 3.07 bits per heavy atom. The number of aliphatic hydroxyl groups is 1. The lowest BCUT2D eigenvalue weighted by Crippen LogP contribution is -2.31. The predicted octanol–water partition coefficient (Wildman–Crippen LogP) is 1.95. The number of thioether (sulfide) groups is 1. The zero-order valence-electron chi connectivity index (χ0n) is 8.40. The average Bonchev–Trinajstić information content (AvgIpc) is 2.67. The molecule has 0 aliphatic heterocycles. The van der Waals surface area contributed by atoms with Gasteiger partial charge < -0.3 is 10.4 Å². The zero-order chi connectivity index (χ0) is 10.2. The fourth-order valence-electron chi connectivity index (χ4n) is 1.26. The lowest BCUT2D eigenvalue weighted by Gasteiger charge is -2.15. The SMILES string of the molecule is CSCC(CCO)NCc1ccsc1. The third-order valence-corrected chi connectivity index (χ3v) is 3.49. The summed E-state index contributed by atoms with van der Waals surface area (Å²) < 4.78 is 0. The van der Waals surface area contributed by atoms with Crippen LogP contribution in [0.3, 0.4) is 0 Å². The largest absolute Gasteiger partial charge is 0.396 e. The highest BCUT2D eigenvalue weighted by molar-refractivity contribution is 7.98. The fourth-order valence-corrected chi connectivity index (χ4v) is 2.61. The molecule has 0 bridgehead atoms. The van der Waals surface area contributed by atoms with Gasteiger partial charge in [-0.25, -0.2) is 0 Å². The monoisotopic (exact) mass is 231 g/mol. The zero-order valence-corrected chi connectivity index (χ0v) is 10.0. The smallest absolute Gasteiger partial charge is 0.0446 e. The van der Waals surface area contributed by atoms with Gasteiger partial charge in [0.25, 0.3) is 0 Å². The average molecular weight is 231 g/mol. The van der Waals surface area contributed by atoms with Crippen LogP contribution in [0.1, 0.15) is 12.0 Å². The van der Waals surface area contributed by atoms with E-state index in [-0.39, 0.29) is 6.61 Å². The summed E-state index contributed by atoms with van der Waals surface area (Å²) in [5, 5.41) is 16.6. The van der Waals surface area contributed by atoms with Crippen molar-refractivity contribution in [2.45, 2.75) is 19.0 Å². The summed E-state index contributed by atoms with van der Waals surface area (Å²) >= 11 is 3.54. The molecule has 1 heterocycles. The molecule has 2 nitrogen and oxygen atoms in total. The summed E-state index contributed by atoms with van der Waals surface area (Å²) in [6.45, 7) is 1.18. The van der Waals surface area contributed by atoms with Gasteiger partial charge in [0.05, 0.1) is 0 Å². The third-order valence-electron chi connectivity index (χ3n) is 2.02. The fraction of sp³-hybridized carbons (Fsp3) is 0.600. The van der Waals surface area contributed by atoms with Crippen molar-refractivity contribution in [2.75, 3.05) is 18.6 Å². The minimum Gasteiger partial charge on any atom is -0.396 e. The van der Waals surface area contributed by atoms with Gasteiger partial charge in [-0.3, -0.25) is 0 Å². The first kappa shape index (κ1) is 12.0. The first-order valence-corrected chi connectivity index (χ1v) is 7.04. The van der Waals surface area contributed by atoms with Crippen LogP contribution in [-0.4, -0.2) is 29.8 Å². The molecule has 0 fully saturated rings. The van der Waals surface area contributed by atoms with Crippen molar-refractivity contribution in [3.8, 4) is 0 Å². The number of thiophene rings is 1.